The second kappa shape index (κ2) is 3.53. The summed E-state index contributed by atoms with van der Waals surface area (Å²) in [6, 6.07) is 9.27. The molecule has 0 bridgehead atoms. The normalized spacial score (nSPS) is 10.1. The summed E-state index contributed by atoms with van der Waals surface area (Å²) in [5.41, 5.74) is 1.46. The number of fused-ring (bicyclic) bond motifs is 1. The quantitative estimate of drug-likeness (QED) is 0.714. The topological polar surface area (TPSA) is 56.7 Å². The van der Waals surface area contributed by atoms with Gasteiger partial charge in [0, 0.05) is 17.3 Å². The van der Waals surface area contributed by atoms with Gasteiger partial charge < -0.3 is 10.4 Å². The molecule has 0 amide bonds. The molecule has 0 radical (unpaired) electrons. The Hall–Kier alpha value is -2.16. The van der Waals surface area contributed by atoms with E-state index >= 15 is 0 Å². The molecule has 0 saturated heterocycles. The number of aromatic amines is 1. The molecule has 0 aliphatic heterocycles. The lowest BCUT2D eigenvalue weighted by atomic mass is 10.1. The monoisotopic (exact) mass is 198 g/mol. The van der Waals surface area contributed by atoms with Crippen molar-refractivity contribution in [1.82, 2.24) is 4.98 Å². The lowest BCUT2D eigenvalue weighted by molar-refractivity contribution is 1.29. The van der Waals surface area contributed by atoms with Crippen molar-refractivity contribution in [2.75, 3.05) is 0 Å². The molecule has 0 fully saturated rings. The molecule has 74 valence electrons. The molecule has 2 aromatic rings. The molecular weight excluding hydrogens is 188 g/mol. The number of hydrogen-bond acceptors (Lipinski definition) is 2. The second-order valence-corrected chi connectivity index (χ2v) is 3.27. The predicted octanol–water partition coefficient (Wildman–Crippen LogP) is 2.19. The van der Waals surface area contributed by atoms with Crippen LogP contribution in [-0.4, -0.2) is 11.2 Å². The van der Waals surface area contributed by atoms with Crippen LogP contribution in [0.1, 0.15) is 5.56 Å². The molecule has 0 saturated carbocycles. The smallest absolute Gasteiger partial charge is 0.256 e. The summed E-state index contributed by atoms with van der Waals surface area (Å²) < 4.78 is 0. The van der Waals surface area contributed by atoms with E-state index in [4.69, 9.17) is 5.41 Å². The Bertz CT molecular complexity index is 596. The van der Waals surface area contributed by atoms with Gasteiger partial charge in [-0.25, -0.2) is 0 Å². The van der Waals surface area contributed by atoms with Gasteiger partial charge in [-0.15, -0.1) is 0 Å². The molecule has 3 nitrogen and oxygen atoms in total. The number of hydrogen-bond donors (Lipinski definition) is 2. The van der Waals surface area contributed by atoms with Crippen LogP contribution >= 0.6 is 0 Å². The Balaban J connectivity index is 2.78. The molecule has 0 unspecified atom stereocenters. The maximum absolute atomic E-state index is 11.6. The summed E-state index contributed by atoms with van der Waals surface area (Å²) in [5.74, 6) is 0. The third kappa shape index (κ3) is 1.59. The highest BCUT2D eigenvalue weighted by molar-refractivity contribution is 6.07. The van der Waals surface area contributed by atoms with Crippen LogP contribution in [0.5, 0.6) is 0 Å². The number of benzene rings is 1. The zero-order valence-corrected chi connectivity index (χ0v) is 8.08. The van der Waals surface area contributed by atoms with Gasteiger partial charge in [-0.3, -0.25) is 4.79 Å². The molecule has 15 heavy (non-hydrogen) atoms. The van der Waals surface area contributed by atoms with Crippen molar-refractivity contribution in [2.45, 2.75) is 0 Å². The molecule has 1 aromatic heterocycles. The molecule has 3 heteroatoms. The van der Waals surface area contributed by atoms with E-state index in [1.54, 1.807) is 6.07 Å². The zero-order valence-electron chi connectivity index (χ0n) is 8.08. The van der Waals surface area contributed by atoms with Gasteiger partial charge in [0.2, 0.25) is 0 Å². The first-order valence-electron chi connectivity index (χ1n) is 4.54. The minimum atomic E-state index is -0.206. The average molecular weight is 198 g/mol. The van der Waals surface area contributed by atoms with Crippen molar-refractivity contribution >= 4 is 22.7 Å². The SMILES string of the molecule is C=C(C=N)c1cc2ccccc2[nH]c1=O. The van der Waals surface area contributed by atoms with Crippen LogP contribution in [0, 0.1) is 5.41 Å². The average Bonchev–Trinajstić information content (AvgIpc) is 2.27. The Kier molecular flexibility index (Phi) is 2.21. The maximum atomic E-state index is 11.6. The Morgan fingerprint density at radius 3 is 2.87 bits per heavy atom. The molecule has 2 N–H and O–H groups in total. The lowest BCUT2D eigenvalue weighted by Crippen LogP contribution is -2.11. The van der Waals surface area contributed by atoms with Gasteiger partial charge in [-0.1, -0.05) is 24.8 Å². The van der Waals surface area contributed by atoms with Gasteiger partial charge in [0.05, 0.1) is 0 Å². The van der Waals surface area contributed by atoms with Crippen LogP contribution in [0.2, 0.25) is 0 Å². The van der Waals surface area contributed by atoms with Crippen molar-refractivity contribution in [1.29, 1.82) is 5.41 Å². The molecule has 2 rings (SSSR count). The van der Waals surface area contributed by atoms with E-state index in [1.807, 2.05) is 24.3 Å². The summed E-state index contributed by atoms with van der Waals surface area (Å²) in [4.78, 5) is 14.4. The summed E-state index contributed by atoms with van der Waals surface area (Å²) in [6.07, 6.45) is 1.08. The summed E-state index contributed by atoms with van der Waals surface area (Å²) in [7, 11) is 0. The minimum absolute atomic E-state index is 0.206. The number of nitrogens with one attached hydrogen (secondary N) is 2. The van der Waals surface area contributed by atoms with Gasteiger partial charge in [-0.05, 0) is 23.1 Å². The summed E-state index contributed by atoms with van der Waals surface area (Å²) >= 11 is 0. The standard InChI is InChI=1S/C12H10N2O/c1-8(7-13)10-6-9-4-2-3-5-11(9)14-12(10)15/h2-7,13H,1H2,(H,14,15). The molecule has 1 aromatic carbocycles. The third-order valence-electron chi connectivity index (χ3n) is 2.27. The fraction of sp³-hybridized carbons (Fsp3) is 0. The molecular formula is C12H10N2O. The fourth-order valence-electron chi connectivity index (χ4n) is 1.46. The molecule has 0 aliphatic carbocycles. The van der Waals surface area contributed by atoms with E-state index in [-0.39, 0.29) is 5.56 Å². The van der Waals surface area contributed by atoms with Crippen molar-refractivity contribution in [3.05, 3.63) is 52.8 Å². The van der Waals surface area contributed by atoms with Gasteiger partial charge in [0.15, 0.2) is 0 Å². The lowest BCUT2D eigenvalue weighted by Gasteiger charge is -2.01. The second-order valence-electron chi connectivity index (χ2n) is 3.27. The van der Waals surface area contributed by atoms with Crippen molar-refractivity contribution < 1.29 is 0 Å². The molecule has 0 aliphatic rings. The highest BCUT2D eigenvalue weighted by Crippen LogP contribution is 2.13. The third-order valence-corrected chi connectivity index (χ3v) is 2.27. The van der Waals surface area contributed by atoms with E-state index < -0.39 is 0 Å². The van der Waals surface area contributed by atoms with E-state index in [0.29, 0.717) is 11.1 Å². The first kappa shape index (κ1) is 9.40. The largest absolute Gasteiger partial charge is 0.321 e. The maximum Gasteiger partial charge on any atom is 0.256 e. The van der Waals surface area contributed by atoms with Crippen molar-refractivity contribution in [3.8, 4) is 0 Å². The minimum Gasteiger partial charge on any atom is -0.321 e. The zero-order chi connectivity index (χ0) is 10.8. The van der Waals surface area contributed by atoms with E-state index in [1.165, 1.54) is 0 Å². The highest BCUT2D eigenvalue weighted by Gasteiger charge is 2.03. The van der Waals surface area contributed by atoms with Crippen LogP contribution in [0.3, 0.4) is 0 Å². The van der Waals surface area contributed by atoms with Crippen molar-refractivity contribution in [3.63, 3.8) is 0 Å². The van der Waals surface area contributed by atoms with Crippen LogP contribution in [-0.2, 0) is 0 Å². The Morgan fingerprint density at radius 2 is 2.13 bits per heavy atom. The molecule has 1 heterocycles. The van der Waals surface area contributed by atoms with Gasteiger partial charge in [0.1, 0.15) is 0 Å². The van der Waals surface area contributed by atoms with E-state index in [9.17, 15) is 4.79 Å². The number of allylic oxidation sites excluding steroid dienone is 1. The fourth-order valence-corrected chi connectivity index (χ4v) is 1.46. The first-order valence-corrected chi connectivity index (χ1v) is 4.54. The van der Waals surface area contributed by atoms with Crippen LogP contribution in [0.15, 0.2) is 41.7 Å². The molecule has 0 spiro atoms. The number of para-hydroxylation sites is 1. The Morgan fingerprint density at radius 1 is 1.40 bits per heavy atom. The molecule has 0 atom stereocenters. The van der Waals surface area contributed by atoms with E-state index in [0.717, 1.165) is 17.1 Å². The highest BCUT2D eigenvalue weighted by atomic mass is 16.1. The Labute approximate surface area is 86.6 Å². The first-order chi connectivity index (χ1) is 7.22. The summed E-state index contributed by atoms with van der Waals surface area (Å²) in [6.45, 7) is 3.65. The van der Waals surface area contributed by atoms with Crippen LogP contribution in [0.25, 0.3) is 16.5 Å². The number of rotatable bonds is 2. The van der Waals surface area contributed by atoms with Crippen LogP contribution in [0.4, 0.5) is 0 Å². The van der Waals surface area contributed by atoms with Gasteiger partial charge >= 0.3 is 0 Å². The summed E-state index contributed by atoms with van der Waals surface area (Å²) in [5, 5.41) is 8.01. The van der Waals surface area contributed by atoms with Gasteiger partial charge in [0.25, 0.3) is 5.56 Å². The number of aromatic nitrogens is 1. The van der Waals surface area contributed by atoms with E-state index in [2.05, 4.69) is 11.6 Å². The van der Waals surface area contributed by atoms with Crippen LogP contribution < -0.4 is 5.56 Å². The van der Waals surface area contributed by atoms with Crippen molar-refractivity contribution in [2.24, 2.45) is 0 Å². The predicted molar refractivity (Wildman–Crippen MR) is 62.4 cm³/mol. The number of H-pyrrole nitrogens is 1. The number of pyridine rings is 1. The van der Waals surface area contributed by atoms with Gasteiger partial charge in [-0.2, -0.15) is 0 Å².